The van der Waals surface area contributed by atoms with Gasteiger partial charge in [-0.1, -0.05) is 55.1 Å². The van der Waals surface area contributed by atoms with Crippen LogP contribution in [0, 0.1) is 0 Å². The first-order chi connectivity index (χ1) is 17.9. The van der Waals surface area contributed by atoms with E-state index < -0.39 is 5.97 Å². The maximum Gasteiger partial charge on any atom is 0.360 e. The van der Waals surface area contributed by atoms with E-state index in [4.69, 9.17) is 32.9 Å². The molecule has 7 nitrogen and oxygen atoms in total. The Morgan fingerprint density at radius 2 is 1.62 bits per heavy atom. The second kappa shape index (κ2) is 12.6. The first-order valence-electron chi connectivity index (χ1n) is 12.9. The van der Waals surface area contributed by atoms with Crippen LogP contribution in [0.4, 0.5) is 5.82 Å². The van der Waals surface area contributed by atoms with E-state index in [0.717, 1.165) is 19.3 Å². The molecule has 0 bridgehead atoms. The molecule has 4 rings (SSSR count). The molecule has 1 aliphatic rings. The van der Waals surface area contributed by atoms with Gasteiger partial charge in [0.1, 0.15) is 0 Å². The van der Waals surface area contributed by atoms with Crippen LogP contribution in [0.5, 0.6) is 0 Å². The van der Waals surface area contributed by atoms with Crippen molar-refractivity contribution in [3.8, 4) is 0 Å². The molecule has 0 atom stereocenters. The normalized spacial score (nSPS) is 14.1. The van der Waals surface area contributed by atoms with Crippen molar-refractivity contribution in [2.45, 2.75) is 46.0 Å². The predicted octanol–water partition coefficient (Wildman–Crippen LogP) is 6.20. The number of hydrogen-bond donors (Lipinski definition) is 0. The molecular formula is C28H32Cl2N4O3. The number of amides is 1. The number of carbonyl (C=O) groups excluding carboxylic acids is 2. The third kappa shape index (κ3) is 6.51. The van der Waals surface area contributed by atoms with Gasteiger partial charge in [0.15, 0.2) is 11.5 Å². The van der Waals surface area contributed by atoms with Crippen molar-refractivity contribution in [2.24, 2.45) is 0 Å². The van der Waals surface area contributed by atoms with Crippen LogP contribution in [-0.2, 0) is 11.2 Å². The molecule has 196 valence electrons. The fourth-order valence-electron chi connectivity index (χ4n) is 4.51. The fourth-order valence-corrected chi connectivity index (χ4v) is 4.82. The lowest BCUT2D eigenvalue weighted by molar-refractivity contribution is 0.0520. The molecule has 1 amide bonds. The number of benzene rings is 2. The standard InChI is InChI=1S/C28H32Cl2N4O3/c1-3-5-6-8-19-9-11-20(12-10-19)27(35)34-14-7-13-33(15-16-34)26-25(28(36)37-4-2)31-23-17-21(29)22(30)18-24(23)32-26/h9-12,17-18H,3-8,13-16H2,1-2H3. The first kappa shape index (κ1) is 27.1. The maximum absolute atomic E-state index is 13.3. The summed E-state index contributed by atoms with van der Waals surface area (Å²) >= 11 is 12.4. The van der Waals surface area contributed by atoms with E-state index in [2.05, 4.69) is 24.0 Å². The van der Waals surface area contributed by atoms with Crippen LogP contribution in [-0.4, -0.2) is 59.5 Å². The molecule has 3 aromatic rings. The van der Waals surface area contributed by atoms with Crippen molar-refractivity contribution in [3.05, 3.63) is 63.3 Å². The van der Waals surface area contributed by atoms with Gasteiger partial charge in [0, 0.05) is 31.7 Å². The van der Waals surface area contributed by atoms with E-state index >= 15 is 0 Å². The molecule has 0 unspecified atom stereocenters. The van der Waals surface area contributed by atoms with Crippen molar-refractivity contribution in [1.82, 2.24) is 14.9 Å². The number of fused-ring (bicyclic) bond motifs is 1. The van der Waals surface area contributed by atoms with Crippen LogP contribution in [0.2, 0.25) is 10.0 Å². The molecule has 0 aliphatic carbocycles. The molecule has 2 aromatic carbocycles. The van der Waals surface area contributed by atoms with Gasteiger partial charge in [-0.15, -0.1) is 0 Å². The van der Waals surface area contributed by atoms with Gasteiger partial charge in [0.2, 0.25) is 0 Å². The van der Waals surface area contributed by atoms with E-state index in [0.29, 0.717) is 58.6 Å². The third-order valence-electron chi connectivity index (χ3n) is 6.51. The van der Waals surface area contributed by atoms with Gasteiger partial charge in [0.05, 0.1) is 27.7 Å². The summed E-state index contributed by atoms with van der Waals surface area (Å²) in [6.45, 7) is 6.41. The van der Waals surface area contributed by atoms with Gasteiger partial charge < -0.3 is 14.5 Å². The highest BCUT2D eigenvalue weighted by atomic mass is 35.5. The Hall–Kier alpha value is -2.90. The van der Waals surface area contributed by atoms with Crippen molar-refractivity contribution < 1.29 is 14.3 Å². The number of rotatable bonds is 8. The molecule has 1 aromatic heterocycles. The number of carbonyl (C=O) groups is 2. The highest BCUT2D eigenvalue weighted by Crippen LogP contribution is 2.29. The zero-order chi connectivity index (χ0) is 26.4. The summed E-state index contributed by atoms with van der Waals surface area (Å²) < 4.78 is 5.26. The van der Waals surface area contributed by atoms with Gasteiger partial charge >= 0.3 is 5.97 Å². The largest absolute Gasteiger partial charge is 0.461 e. The Balaban J connectivity index is 1.53. The Labute approximate surface area is 227 Å². The Kier molecular flexibility index (Phi) is 9.22. The number of halogens is 2. The van der Waals surface area contributed by atoms with Crippen LogP contribution < -0.4 is 4.90 Å². The number of anilines is 1. The molecule has 0 N–H and O–H groups in total. The lowest BCUT2D eigenvalue weighted by Crippen LogP contribution is -2.36. The molecular weight excluding hydrogens is 511 g/mol. The molecule has 37 heavy (non-hydrogen) atoms. The summed E-state index contributed by atoms with van der Waals surface area (Å²) in [5.41, 5.74) is 3.08. The van der Waals surface area contributed by atoms with Gasteiger partial charge in [-0.2, -0.15) is 0 Å². The van der Waals surface area contributed by atoms with E-state index in [9.17, 15) is 9.59 Å². The Morgan fingerprint density at radius 1 is 0.919 bits per heavy atom. The zero-order valence-electron chi connectivity index (χ0n) is 21.3. The minimum Gasteiger partial charge on any atom is -0.461 e. The summed E-state index contributed by atoms with van der Waals surface area (Å²) in [7, 11) is 0. The van der Waals surface area contributed by atoms with E-state index in [-0.39, 0.29) is 18.2 Å². The van der Waals surface area contributed by atoms with Crippen molar-refractivity contribution in [3.63, 3.8) is 0 Å². The first-order valence-corrected chi connectivity index (χ1v) is 13.6. The van der Waals surface area contributed by atoms with Crippen molar-refractivity contribution in [1.29, 1.82) is 0 Å². The topological polar surface area (TPSA) is 75.6 Å². The minimum atomic E-state index is -0.547. The minimum absolute atomic E-state index is 0.0126. The highest BCUT2D eigenvalue weighted by molar-refractivity contribution is 6.42. The van der Waals surface area contributed by atoms with Crippen LogP contribution in [0.1, 0.15) is 65.9 Å². The van der Waals surface area contributed by atoms with Crippen molar-refractivity contribution in [2.75, 3.05) is 37.7 Å². The molecule has 2 heterocycles. The SMILES string of the molecule is CCCCCc1ccc(C(=O)N2CCCN(c3nc4cc(Cl)c(Cl)cc4nc3C(=O)OCC)CC2)cc1. The average molecular weight is 543 g/mol. The number of unbranched alkanes of at least 4 members (excludes halogenated alkanes) is 2. The third-order valence-corrected chi connectivity index (χ3v) is 7.23. The van der Waals surface area contributed by atoms with Gasteiger partial charge in [-0.25, -0.2) is 14.8 Å². The van der Waals surface area contributed by atoms with Crippen molar-refractivity contribution >= 4 is 51.9 Å². The quantitative estimate of drug-likeness (QED) is 0.249. The number of esters is 1. The van der Waals surface area contributed by atoms with Gasteiger partial charge in [-0.3, -0.25) is 4.79 Å². The summed E-state index contributed by atoms with van der Waals surface area (Å²) in [6.07, 6.45) is 5.33. The Bertz CT molecular complexity index is 1270. The second-order valence-electron chi connectivity index (χ2n) is 9.16. The van der Waals surface area contributed by atoms with Crippen LogP contribution >= 0.6 is 23.2 Å². The lowest BCUT2D eigenvalue weighted by Gasteiger charge is -2.24. The second-order valence-corrected chi connectivity index (χ2v) is 9.97. The van der Waals surface area contributed by atoms with Crippen LogP contribution in [0.15, 0.2) is 36.4 Å². The van der Waals surface area contributed by atoms with E-state index in [1.807, 2.05) is 21.9 Å². The molecule has 0 spiro atoms. The van der Waals surface area contributed by atoms with Crippen LogP contribution in [0.3, 0.4) is 0 Å². The fraction of sp³-hybridized carbons (Fsp3) is 0.429. The summed E-state index contributed by atoms with van der Waals surface area (Å²) in [6, 6.07) is 11.2. The average Bonchev–Trinajstić information content (AvgIpc) is 3.15. The molecule has 9 heteroatoms. The molecule has 1 aliphatic heterocycles. The zero-order valence-corrected chi connectivity index (χ0v) is 22.8. The smallest absolute Gasteiger partial charge is 0.360 e. The summed E-state index contributed by atoms with van der Waals surface area (Å²) in [5, 5.41) is 0.700. The molecule has 1 saturated heterocycles. The molecule has 0 saturated carbocycles. The predicted molar refractivity (Wildman–Crippen MR) is 148 cm³/mol. The highest BCUT2D eigenvalue weighted by Gasteiger charge is 2.26. The van der Waals surface area contributed by atoms with Crippen LogP contribution in [0.25, 0.3) is 11.0 Å². The number of ether oxygens (including phenoxy) is 1. The number of aromatic nitrogens is 2. The van der Waals surface area contributed by atoms with E-state index in [1.165, 1.54) is 18.4 Å². The number of nitrogens with zero attached hydrogens (tertiary/aromatic N) is 4. The number of hydrogen-bond acceptors (Lipinski definition) is 6. The molecule has 1 fully saturated rings. The summed E-state index contributed by atoms with van der Waals surface area (Å²) in [4.78, 5) is 39.2. The van der Waals surface area contributed by atoms with Gasteiger partial charge in [0.25, 0.3) is 5.91 Å². The monoisotopic (exact) mass is 542 g/mol. The Morgan fingerprint density at radius 3 is 2.30 bits per heavy atom. The summed E-state index contributed by atoms with van der Waals surface area (Å²) in [5.74, 6) is -0.108. The maximum atomic E-state index is 13.3. The van der Waals surface area contributed by atoms with E-state index in [1.54, 1.807) is 19.1 Å². The number of aryl methyl sites for hydroxylation is 1. The van der Waals surface area contributed by atoms with Gasteiger partial charge in [-0.05, 0) is 56.0 Å². The molecule has 0 radical (unpaired) electrons. The lowest BCUT2D eigenvalue weighted by atomic mass is 10.0.